The smallest absolute Gasteiger partial charge is 0.216 e. The number of nitrogens with one attached hydrogen (secondary N) is 2. The van der Waals surface area contributed by atoms with Crippen molar-refractivity contribution in [2.24, 2.45) is 0 Å². The minimum absolute atomic E-state index is 0. The van der Waals surface area contributed by atoms with Crippen molar-refractivity contribution in [2.75, 3.05) is 13.1 Å². The molecule has 0 atom stereocenters. The number of amides is 1. The second kappa shape index (κ2) is 7.87. The van der Waals surface area contributed by atoms with Gasteiger partial charge in [0.05, 0.1) is 0 Å². The van der Waals surface area contributed by atoms with Gasteiger partial charge >= 0.3 is 0 Å². The van der Waals surface area contributed by atoms with Gasteiger partial charge in [0.1, 0.15) is 0 Å². The molecule has 8 heavy (non-hydrogen) atoms. The number of hydrogen-bond donors (Lipinski definition) is 1. The molecule has 0 unspecified atom stereocenters. The molecular weight excluding hydrogens is 319 g/mol. The molecule has 0 aliphatic carbocycles. The first-order valence-corrected chi connectivity index (χ1v) is 2.16. The predicted molar refractivity (Wildman–Crippen MR) is 27.9 cm³/mol. The monoisotopic (exact) mass is 328 g/mol. The van der Waals surface area contributed by atoms with Crippen LogP contribution in [0.2, 0.25) is 0 Å². The molecule has 0 aromatic rings. The van der Waals surface area contributed by atoms with Crippen LogP contribution in [0.25, 0.3) is 5.73 Å². The van der Waals surface area contributed by atoms with E-state index in [4.69, 9.17) is 5.73 Å². The maximum atomic E-state index is 10.0. The van der Waals surface area contributed by atoms with Gasteiger partial charge in [0, 0.05) is 51.0 Å². The average Bonchev–Trinajstić information content (AvgIpc) is 1.61. The first-order valence-electron chi connectivity index (χ1n) is 2.16. The minimum Gasteiger partial charge on any atom is -0.676 e. The first kappa shape index (κ1) is 11.6. The molecule has 0 rings (SSSR count). The molecule has 0 aliphatic rings. The fourth-order valence-electron chi connectivity index (χ4n) is 0.239. The Morgan fingerprint density at radius 3 is 2.38 bits per heavy atom. The Bertz CT molecular complexity index is 67.1. The van der Waals surface area contributed by atoms with Gasteiger partial charge in [-0.3, -0.25) is 4.79 Å². The molecule has 2 N–H and O–H groups in total. The largest absolute Gasteiger partial charge is 0.676 e. The zero-order valence-electron chi connectivity index (χ0n) is 4.90. The molecule has 1 radical (unpaired) electrons. The minimum atomic E-state index is -0.0627. The van der Waals surface area contributed by atoms with Gasteiger partial charge in [-0.15, -0.1) is 6.54 Å². The third-order valence-corrected chi connectivity index (χ3v) is 0.499. The molecule has 0 spiro atoms. The van der Waals surface area contributed by atoms with Gasteiger partial charge in [-0.25, -0.2) is 0 Å². The van der Waals surface area contributed by atoms with Crippen LogP contribution in [0.5, 0.6) is 0 Å². The van der Waals surface area contributed by atoms with E-state index in [1.165, 1.54) is 6.92 Å². The van der Waals surface area contributed by atoms with E-state index in [0.29, 0.717) is 6.54 Å². The van der Waals surface area contributed by atoms with Crippen molar-refractivity contribution < 1.29 is 48.9 Å². The summed E-state index contributed by atoms with van der Waals surface area (Å²) >= 11 is 0. The Morgan fingerprint density at radius 1 is 1.75 bits per heavy atom. The topological polar surface area (TPSA) is 52.9 Å². The van der Waals surface area contributed by atoms with Crippen LogP contribution in [0.1, 0.15) is 6.92 Å². The molecule has 0 aromatic carbocycles. The Hall–Kier alpha value is 0.872. The molecule has 0 fully saturated rings. The summed E-state index contributed by atoms with van der Waals surface area (Å²) in [6.45, 7) is 2.17. The van der Waals surface area contributed by atoms with E-state index >= 15 is 0 Å². The van der Waals surface area contributed by atoms with Gasteiger partial charge in [-0.05, 0) is 6.54 Å². The normalized spacial score (nSPS) is 7.25. The second-order valence-corrected chi connectivity index (χ2v) is 1.23. The van der Waals surface area contributed by atoms with Crippen molar-refractivity contribution in [3.63, 3.8) is 0 Å². The fraction of sp³-hybridized carbons (Fsp3) is 0.750. The molecule has 0 aliphatic heterocycles. The Balaban J connectivity index is 0. The summed E-state index contributed by atoms with van der Waals surface area (Å²) in [5.74, 6) is -0.0627. The quantitative estimate of drug-likeness (QED) is 0.772. The van der Waals surface area contributed by atoms with Crippen molar-refractivity contribution >= 4 is 5.91 Å². The molecule has 1 amide bonds. The summed E-state index contributed by atoms with van der Waals surface area (Å²) < 4.78 is 0. The van der Waals surface area contributed by atoms with Crippen molar-refractivity contribution in [1.29, 1.82) is 0 Å². The van der Waals surface area contributed by atoms with Gasteiger partial charge in [-0.2, -0.15) is 0 Å². The van der Waals surface area contributed by atoms with Gasteiger partial charge < -0.3 is 11.1 Å². The van der Waals surface area contributed by atoms with Crippen LogP contribution >= 0.6 is 0 Å². The average molecular weight is 328 g/mol. The predicted octanol–water partition coefficient (Wildman–Crippen LogP) is 0.175. The Kier molecular flexibility index (Phi) is 11.5. The van der Waals surface area contributed by atoms with Gasteiger partial charge in [0.25, 0.3) is 0 Å². The standard InChI is InChI=1S/C4H9N2O.Ac/c1-4(7)6-3-2-5;/h5H,2-3H2,1H3,(H,6,7);/q-1;. The summed E-state index contributed by atoms with van der Waals surface area (Å²) in [5.41, 5.74) is 6.58. The van der Waals surface area contributed by atoms with Crippen LogP contribution in [0.4, 0.5) is 0 Å². The molecule has 0 bridgehead atoms. The molecule has 0 saturated heterocycles. The van der Waals surface area contributed by atoms with Crippen molar-refractivity contribution in [3.8, 4) is 0 Å². The number of carbonyl (C=O) groups excluding carboxylic acids is 1. The zero-order valence-corrected chi connectivity index (χ0v) is 9.65. The van der Waals surface area contributed by atoms with Crippen LogP contribution in [0.15, 0.2) is 0 Å². The number of hydrogen-bond acceptors (Lipinski definition) is 1. The Morgan fingerprint density at radius 2 is 2.25 bits per heavy atom. The maximum absolute atomic E-state index is 10.0. The maximum Gasteiger partial charge on any atom is 0.216 e. The molecule has 4 heteroatoms. The van der Waals surface area contributed by atoms with E-state index in [9.17, 15) is 4.79 Å². The van der Waals surface area contributed by atoms with E-state index in [0.717, 1.165) is 0 Å². The molecule has 0 aromatic heterocycles. The first-order chi connectivity index (χ1) is 3.27. The van der Waals surface area contributed by atoms with Crippen LogP contribution < -0.4 is 5.32 Å². The van der Waals surface area contributed by atoms with Crippen molar-refractivity contribution in [1.82, 2.24) is 5.32 Å². The summed E-state index contributed by atoms with van der Waals surface area (Å²) in [7, 11) is 0. The van der Waals surface area contributed by atoms with Gasteiger partial charge in [0.2, 0.25) is 5.91 Å². The molecular formula is C4H9AcN2O-. The zero-order chi connectivity index (χ0) is 5.70. The van der Waals surface area contributed by atoms with Gasteiger partial charge in [-0.1, -0.05) is 0 Å². The second-order valence-electron chi connectivity index (χ2n) is 1.23. The third-order valence-electron chi connectivity index (χ3n) is 0.499. The molecule has 45 valence electrons. The van der Waals surface area contributed by atoms with Crippen molar-refractivity contribution in [3.05, 3.63) is 5.73 Å². The summed E-state index contributed by atoms with van der Waals surface area (Å²) in [6.07, 6.45) is 0. The van der Waals surface area contributed by atoms with Crippen LogP contribution in [0, 0.1) is 44.1 Å². The fourth-order valence-corrected chi connectivity index (χ4v) is 0.239. The molecule has 3 nitrogen and oxygen atoms in total. The van der Waals surface area contributed by atoms with E-state index < -0.39 is 0 Å². The van der Waals surface area contributed by atoms with E-state index in [1.54, 1.807) is 0 Å². The summed E-state index contributed by atoms with van der Waals surface area (Å²) in [5, 5.41) is 2.47. The van der Waals surface area contributed by atoms with Gasteiger partial charge in [0.15, 0.2) is 0 Å². The van der Waals surface area contributed by atoms with E-state index in [-0.39, 0.29) is 56.5 Å². The molecule has 0 heterocycles. The van der Waals surface area contributed by atoms with E-state index in [2.05, 4.69) is 5.32 Å². The van der Waals surface area contributed by atoms with E-state index in [1.807, 2.05) is 0 Å². The van der Waals surface area contributed by atoms with Crippen molar-refractivity contribution in [2.45, 2.75) is 6.92 Å². The summed E-state index contributed by atoms with van der Waals surface area (Å²) in [6, 6.07) is 0. The summed E-state index contributed by atoms with van der Waals surface area (Å²) in [4.78, 5) is 10.0. The SMILES string of the molecule is CC(=O)NCC[NH-].[Ac]. The van der Waals surface area contributed by atoms with Crippen LogP contribution in [-0.4, -0.2) is 19.0 Å². The van der Waals surface area contributed by atoms with Crippen LogP contribution in [0.3, 0.4) is 0 Å². The third kappa shape index (κ3) is 9.98. The number of rotatable bonds is 2. The number of carbonyl (C=O) groups is 1. The Labute approximate surface area is 84.9 Å². The van der Waals surface area contributed by atoms with Crippen LogP contribution in [-0.2, 0) is 4.79 Å². The molecule has 0 saturated carbocycles.